The van der Waals surface area contributed by atoms with E-state index in [1.807, 2.05) is 24.3 Å². The van der Waals surface area contributed by atoms with Gasteiger partial charge in [-0.3, -0.25) is 0 Å². The maximum Gasteiger partial charge on any atom is 0.136 e. The number of furan rings is 1. The first-order chi connectivity index (χ1) is 7.84. The summed E-state index contributed by atoms with van der Waals surface area (Å²) in [6.07, 6.45) is 0.958. The Kier molecular flexibility index (Phi) is 2.46. The van der Waals surface area contributed by atoms with Crippen LogP contribution in [0.5, 0.6) is 0 Å². The molecule has 16 heavy (non-hydrogen) atoms. The zero-order chi connectivity index (χ0) is 11.0. The highest BCUT2D eigenvalue weighted by molar-refractivity contribution is 6.33. The van der Waals surface area contributed by atoms with Gasteiger partial charge < -0.3 is 9.73 Å². The van der Waals surface area contributed by atoms with Crippen LogP contribution in [-0.4, -0.2) is 6.54 Å². The van der Waals surface area contributed by atoms with Gasteiger partial charge in [0.1, 0.15) is 11.5 Å². The molecule has 82 valence electrons. The summed E-state index contributed by atoms with van der Waals surface area (Å²) < 4.78 is 5.85. The lowest BCUT2D eigenvalue weighted by atomic mass is 10.1. The molecule has 0 unspecified atom stereocenters. The third kappa shape index (κ3) is 1.64. The number of benzene rings is 1. The Bertz CT molecular complexity index is 495. The molecule has 0 spiro atoms. The van der Waals surface area contributed by atoms with Crippen molar-refractivity contribution in [2.75, 3.05) is 6.54 Å². The van der Waals surface area contributed by atoms with E-state index in [2.05, 4.69) is 11.4 Å². The molecule has 0 saturated heterocycles. The lowest BCUT2D eigenvalue weighted by molar-refractivity contribution is 0.484. The van der Waals surface area contributed by atoms with Crippen molar-refractivity contribution in [3.63, 3.8) is 0 Å². The Morgan fingerprint density at radius 3 is 2.94 bits per heavy atom. The average molecular weight is 234 g/mol. The zero-order valence-electron chi connectivity index (χ0n) is 8.79. The average Bonchev–Trinajstić information content (AvgIpc) is 2.73. The van der Waals surface area contributed by atoms with Crippen LogP contribution in [0, 0.1) is 0 Å². The fraction of sp³-hybridized carbons (Fsp3) is 0.231. The van der Waals surface area contributed by atoms with E-state index in [0.29, 0.717) is 0 Å². The maximum absolute atomic E-state index is 6.15. The van der Waals surface area contributed by atoms with Crippen molar-refractivity contribution in [1.29, 1.82) is 0 Å². The van der Waals surface area contributed by atoms with E-state index in [1.54, 1.807) is 0 Å². The second-order valence-electron chi connectivity index (χ2n) is 3.97. The van der Waals surface area contributed by atoms with Crippen LogP contribution in [0.15, 0.2) is 34.7 Å². The molecule has 1 aliphatic rings. The van der Waals surface area contributed by atoms with Gasteiger partial charge in [0.15, 0.2) is 0 Å². The summed E-state index contributed by atoms with van der Waals surface area (Å²) in [6.45, 7) is 1.88. The summed E-state index contributed by atoms with van der Waals surface area (Å²) in [4.78, 5) is 0. The van der Waals surface area contributed by atoms with E-state index < -0.39 is 0 Å². The summed E-state index contributed by atoms with van der Waals surface area (Å²) in [5, 5.41) is 4.06. The molecule has 1 N–H and O–H groups in total. The molecule has 2 aromatic rings. The highest BCUT2D eigenvalue weighted by atomic mass is 35.5. The summed E-state index contributed by atoms with van der Waals surface area (Å²) in [6, 6.07) is 9.86. The quantitative estimate of drug-likeness (QED) is 0.818. The van der Waals surface area contributed by atoms with Gasteiger partial charge in [-0.2, -0.15) is 0 Å². The predicted molar refractivity (Wildman–Crippen MR) is 64.6 cm³/mol. The molecule has 1 aliphatic heterocycles. The predicted octanol–water partition coefficient (Wildman–Crippen LogP) is 3.25. The standard InChI is InChI=1S/C13H12ClNO/c14-11-4-2-1-3-10(11)13-7-9-8-15-6-5-12(9)16-13/h1-4,7,15H,5-6,8H2. The monoisotopic (exact) mass is 233 g/mol. The second-order valence-corrected chi connectivity index (χ2v) is 4.37. The summed E-state index contributed by atoms with van der Waals surface area (Å²) in [7, 11) is 0. The molecule has 1 aromatic heterocycles. The number of hydrogen-bond donors (Lipinski definition) is 1. The number of hydrogen-bond acceptors (Lipinski definition) is 2. The highest BCUT2D eigenvalue weighted by Crippen LogP contribution is 2.31. The molecule has 0 radical (unpaired) electrons. The Balaban J connectivity index is 2.07. The highest BCUT2D eigenvalue weighted by Gasteiger charge is 2.16. The molecular weight excluding hydrogens is 222 g/mol. The van der Waals surface area contributed by atoms with Crippen molar-refractivity contribution in [1.82, 2.24) is 5.32 Å². The fourth-order valence-corrected chi connectivity index (χ4v) is 2.28. The van der Waals surface area contributed by atoms with Crippen LogP contribution >= 0.6 is 11.6 Å². The Morgan fingerprint density at radius 1 is 1.25 bits per heavy atom. The van der Waals surface area contributed by atoms with Crippen molar-refractivity contribution < 1.29 is 4.42 Å². The van der Waals surface area contributed by atoms with Crippen molar-refractivity contribution in [2.24, 2.45) is 0 Å². The van der Waals surface area contributed by atoms with E-state index in [9.17, 15) is 0 Å². The third-order valence-corrected chi connectivity index (χ3v) is 3.21. The van der Waals surface area contributed by atoms with Gasteiger partial charge in [0.05, 0.1) is 5.02 Å². The number of rotatable bonds is 1. The van der Waals surface area contributed by atoms with Gasteiger partial charge >= 0.3 is 0 Å². The van der Waals surface area contributed by atoms with Crippen LogP contribution in [-0.2, 0) is 13.0 Å². The first-order valence-corrected chi connectivity index (χ1v) is 5.79. The van der Waals surface area contributed by atoms with Gasteiger partial charge in [0.25, 0.3) is 0 Å². The van der Waals surface area contributed by atoms with Gasteiger partial charge in [-0.15, -0.1) is 0 Å². The van der Waals surface area contributed by atoms with Gasteiger partial charge in [-0.1, -0.05) is 23.7 Å². The zero-order valence-corrected chi connectivity index (χ0v) is 9.55. The van der Waals surface area contributed by atoms with Gasteiger partial charge in [0, 0.05) is 30.6 Å². The molecule has 2 nitrogen and oxygen atoms in total. The second kappa shape index (κ2) is 3.96. The van der Waals surface area contributed by atoms with E-state index in [4.69, 9.17) is 16.0 Å². The van der Waals surface area contributed by atoms with Crippen LogP contribution < -0.4 is 5.32 Å². The molecule has 0 saturated carbocycles. The molecule has 0 atom stereocenters. The van der Waals surface area contributed by atoms with Crippen LogP contribution in [0.1, 0.15) is 11.3 Å². The van der Waals surface area contributed by atoms with E-state index in [0.717, 1.165) is 41.6 Å². The van der Waals surface area contributed by atoms with Gasteiger partial charge in [-0.05, 0) is 18.2 Å². The van der Waals surface area contributed by atoms with Crippen LogP contribution in [0.2, 0.25) is 5.02 Å². The Morgan fingerprint density at radius 2 is 2.12 bits per heavy atom. The Labute approximate surface area is 99.2 Å². The SMILES string of the molecule is Clc1ccccc1-c1cc2c(o1)CCNC2. The lowest BCUT2D eigenvalue weighted by Gasteiger charge is -2.09. The van der Waals surface area contributed by atoms with E-state index in [-0.39, 0.29) is 0 Å². The molecule has 0 bridgehead atoms. The third-order valence-electron chi connectivity index (χ3n) is 2.88. The first-order valence-electron chi connectivity index (χ1n) is 5.42. The van der Waals surface area contributed by atoms with Crippen LogP contribution in [0.3, 0.4) is 0 Å². The van der Waals surface area contributed by atoms with Crippen molar-refractivity contribution in [3.05, 3.63) is 46.7 Å². The molecule has 0 amide bonds. The van der Waals surface area contributed by atoms with Crippen molar-refractivity contribution in [2.45, 2.75) is 13.0 Å². The first kappa shape index (κ1) is 9.94. The largest absolute Gasteiger partial charge is 0.461 e. The molecular formula is C13H12ClNO. The Hall–Kier alpha value is -1.25. The molecule has 2 heterocycles. The van der Waals surface area contributed by atoms with Gasteiger partial charge in [0.2, 0.25) is 0 Å². The van der Waals surface area contributed by atoms with Gasteiger partial charge in [-0.25, -0.2) is 0 Å². The van der Waals surface area contributed by atoms with Crippen molar-refractivity contribution >= 4 is 11.6 Å². The van der Waals surface area contributed by atoms with Crippen LogP contribution in [0.25, 0.3) is 11.3 Å². The summed E-state index contributed by atoms with van der Waals surface area (Å²) >= 11 is 6.15. The molecule has 3 heteroatoms. The van der Waals surface area contributed by atoms with E-state index in [1.165, 1.54) is 5.56 Å². The van der Waals surface area contributed by atoms with E-state index >= 15 is 0 Å². The summed E-state index contributed by atoms with van der Waals surface area (Å²) in [5.41, 5.74) is 2.22. The minimum Gasteiger partial charge on any atom is -0.461 e. The normalized spacial score (nSPS) is 14.8. The lowest BCUT2D eigenvalue weighted by Crippen LogP contribution is -2.22. The summed E-state index contributed by atoms with van der Waals surface area (Å²) in [5.74, 6) is 1.97. The maximum atomic E-state index is 6.15. The smallest absolute Gasteiger partial charge is 0.136 e. The molecule has 0 fully saturated rings. The fourth-order valence-electron chi connectivity index (χ4n) is 2.05. The van der Waals surface area contributed by atoms with Crippen LogP contribution in [0.4, 0.5) is 0 Å². The minimum atomic E-state index is 0.738. The molecule has 1 aromatic carbocycles. The number of fused-ring (bicyclic) bond motifs is 1. The van der Waals surface area contributed by atoms with Crippen molar-refractivity contribution in [3.8, 4) is 11.3 Å². The minimum absolute atomic E-state index is 0.738. The number of halogens is 1. The molecule has 3 rings (SSSR count). The molecule has 0 aliphatic carbocycles. The number of nitrogens with one attached hydrogen (secondary N) is 1. The topological polar surface area (TPSA) is 25.2 Å².